The van der Waals surface area contributed by atoms with E-state index in [1.807, 2.05) is 40.2 Å². The molecule has 3 rings (SSSR count). The van der Waals surface area contributed by atoms with Gasteiger partial charge in [0.15, 0.2) is 4.96 Å². The lowest BCUT2D eigenvalue weighted by Crippen LogP contribution is -2.02. The van der Waals surface area contributed by atoms with Crippen LogP contribution in [0.15, 0.2) is 35.8 Å². The maximum atomic E-state index is 11.3. The van der Waals surface area contributed by atoms with Crippen molar-refractivity contribution >= 4 is 33.9 Å². The van der Waals surface area contributed by atoms with Crippen molar-refractivity contribution in [2.45, 2.75) is 12.8 Å². The third kappa shape index (κ3) is 2.80. The Morgan fingerprint density at radius 3 is 3.00 bits per heavy atom. The van der Waals surface area contributed by atoms with Crippen LogP contribution in [0.5, 0.6) is 0 Å². The second-order valence-electron chi connectivity index (χ2n) is 4.56. The number of imidazole rings is 1. The van der Waals surface area contributed by atoms with Crippen LogP contribution in [-0.4, -0.2) is 22.5 Å². The third-order valence-corrected chi connectivity index (χ3v) is 4.46. The Hall–Kier alpha value is -1.85. The molecule has 0 radical (unpaired) electrons. The number of aromatic nitrogens is 2. The zero-order chi connectivity index (χ0) is 14.8. The van der Waals surface area contributed by atoms with Gasteiger partial charge in [-0.2, -0.15) is 0 Å². The van der Waals surface area contributed by atoms with Crippen LogP contribution in [0.2, 0.25) is 5.02 Å². The van der Waals surface area contributed by atoms with Gasteiger partial charge in [-0.25, -0.2) is 4.98 Å². The fraction of sp³-hybridized carbons (Fsp3) is 0.200. The fourth-order valence-electron chi connectivity index (χ4n) is 2.14. The van der Waals surface area contributed by atoms with E-state index in [9.17, 15) is 4.79 Å². The van der Waals surface area contributed by atoms with E-state index in [2.05, 4.69) is 9.72 Å². The molecule has 1 aromatic carbocycles. The summed E-state index contributed by atoms with van der Waals surface area (Å²) in [5.74, 6) is -0.208. The van der Waals surface area contributed by atoms with Gasteiger partial charge in [0, 0.05) is 22.8 Å². The molecule has 0 atom stereocenters. The normalized spacial score (nSPS) is 11.0. The van der Waals surface area contributed by atoms with Crippen molar-refractivity contribution in [2.24, 2.45) is 0 Å². The lowest BCUT2D eigenvalue weighted by atomic mass is 10.2. The van der Waals surface area contributed by atoms with Crippen LogP contribution in [-0.2, 0) is 16.0 Å². The monoisotopic (exact) mass is 320 g/mol. The number of methoxy groups -OCH3 is 1. The van der Waals surface area contributed by atoms with E-state index in [0.717, 1.165) is 21.9 Å². The molecule has 2 aromatic heterocycles. The molecule has 0 fully saturated rings. The first kappa shape index (κ1) is 14.1. The number of rotatable bonds is 4. The zero-order valence-corrected chi connectivity index (χ0v) is 12.9. The van der Waals surface area contributed by atoms with Crippen LogP contribution in [0.4, 0.5) is 0 Å². The Balaban J connectivity index is 1.93. The Kier molecular flexibility index (Phi) is 3.94. The van der Waals surface area contributed by atoms with Gasteiger partial charge in [-0.05, 0) is 12.5 Å². The highest BCUT2D eigenvalue weighted by Crippen LogP contribution is 2.29. The molecule has 0 aliphatic rings. The first-order chi connectivity index (χ1) is 10.2. The van der Waals surface area contributed by atoms with Gasteiger partial charge in [0.1, 0.15) is 0 Å². The van der Waals surface area contributed by atoms with Crippen LogP contribution in [0.25, 0.3) is 16.2 Å². The van der Waals surface area contributed by atoms with Crippen molar-refractivity contribution in [1.29, 1.82) is 0 Å². The van der Waals surface area contributed by atoms with Crippen molar-refractivity contribution in [1.82, 2.24) is 9.38 Å². The molecule has 0 aliphatic heterocycles. The zero-order valence-electron chi connectivity index (χ0n) is 11.4. The number of ether oxygens (including phenoxy) is 1. The lowest BCUT2D eigenvalue weighted by Gasteiger charge is -2.00. The van der Waals surface area contributed by atoms with Crippen molar-refractivity contribution in [3.63, 3.8) is 0 Å². The van der Waals surface area contributed by atoms with E-state index >= 15 is 0 Å². The number of hydrogen-bond acceptors (Lipinski definition) is 4. The molecule has 0 saturated heterocycles. The number of esters is 1. The van der Waals surface area contributed by atoms with Crippen molar-refractivity contribution < 1.29 is 9.53 Å². The largest absolute Gasteiger partial charge is 0.469 e. The molecule has 0 amide bonds. The molecule has 0 bridgehead atoms. The van der Waals surface area contributed by atoms with Crippen molar-refractivity contribution in [3.8, 4) is 11.3 Å². The molecule has 0 unspecified atom stereocenters. The Bertz CT molecular complexity index is 794. The van der Waals surface area contributed by atoms with Crippen LogP contribution >= 0.6 is 22.9 Å². The molecule has 0 spiro atoms. The molecular weight excluding hydrogens is 308 g/mol. The molecule has 3 aromatic rings. The number of halogens is 1. The number of hydrogen-bond donors (Lipinski definition) is 0. The van der Waals surface area contributed by atoms with Crippen LogP contribution in [0, 0.1) is 0 Å². The molecule has 2 heterocycles. The third-order valence-electron chi connectivity index (χ3n) is 3.25. The van der Waals surface area contributed by atoms with Gasteiger partial charge in [-0.3, -0.25) is 9.20 Å². The highest BCUT2D eigenvalue weighted by molar-refractivity contribution is 7.15. The summed E-state index contributed by atoms with van der Waals surface area (Å²) in [5.41, 5.74) is 2.80. The van der Waals surface area contributed by atoms with E-state index in [1.54, 1.807) is 11.3 Å². The Morgan fingerprint density at radius 1 is 1.43 bits per heavy atom. The number of benzene rings is 1. The number of nitrogens with zero attached hydrogens (tertiary/aromatic N) is 2. The maximum Gasteiger partial charge on any atom is 0.305 e. The van der Waals surface area contributed by atoms with Gasteiger partial charge >= 0.3 is 5.97 Å². The van der Waals surface area contributed by atoms with E-state index in [0.29, 0.717) is 17.9 Å². The predicted molar refractivity (Wildman–Crippen MR) is 83.9 cm³/mol. The van der Waals surface area contributed by atoms with E-state index in [-0.39, 0.29) is 5.97 Å². The standard InChI is InChI=1S/C15H13ClN2O2S/c1-20-14(19)7-6-10-9-21-15-17-13(8-18(10)15)11-4-2-3-5-12(11)16/h2-5,8-9H,6-7H2,1H3. The van der Waals surface area contributed by atoms with E-state index in [4.69, 9.17) is 11.6 Å². The fourth-order valence-corrected chi connectivity index (χ4v) is 3.28. The molecule has 0 saturated carbocycles. The summed E-state index contributed by atoms with van der Waals surface area (Å²) in [6.45, 7) is 0. The molecule has 0 aliphatic carbocycles. The average Bonchev–Trinajstić information content (AvgIpc) is 3.06. The summed E-state index contributed by atoms with van der Waals surface area (Å²) in [4.78, 5) is 16.7. The van der Waals surface area contributed by atoms with Gasteiger partial charge < -0.3 is 4.74 Å². The van der Waals surface area contributed by atoms with E-state index < -0.39 is 0 Å². The quantitative estimate of drug-likeness (QED) is 0.686. The summed E-state index contributed by atoms with van der Waals surface area (Å²) in [7, 11) is 1.40. The first-order valence-electron chi connectivity index (χ1n) is 6.46. The molecule has 6 heteroatoms. The minimum absolute atomic E-state index is 0.208. The molecule has 21 heavy (non-hydrogen) atoms. The van der Waals surface area contributed by atoms with Crippen molar-refractivity contribution in [2.75, 3.05) is 7.11 Å². The molecule has 0 N–H and O–H groups in total. The number of fused-ring (bicyclic) bond motifs is 1. The van der Waals surface area contributed by atoms with Crippen LogP contribution in [0.3, 0.4) is 0 Å². The number of carbonyl (C=O) groups is 1. The van der Waals surface area contributed by atoms with Gasteiger partial charge in [0.2, 0.25) is 0 Å². The van der Waals surface area contributed by atoms with Crippen molar-refractivity contribution in [3.05, 3.63) is 46.6 Å². The predicted octanol–water partition coefficient (Wildman–Crippen LogP) is 3.82. The first-order valence-corrected chi connectivity index (χ1v) is 7.72. The molecule has 4 nitrogen and oxygen atoms in total. The van der Waals surface area contributed by atoms with Gasteiger partial charge in [-0.15, -0.1) is 11.3 Å². The lowest BCUT2D eigenvalue weighted by molar-refractivity contribution is -0.140. The summed E-state index contributed by atoms with van der Waals surface area (Å²) in [5, 5.41) is 2.70. The molecule has 108 valence electrons. The number of thiazole rings is 1. The second kappa shape index (κ2) is 5.87. The smallest absolute Gasteiger partial charge is 0.305 e. The summed E-state index contributed by atoms with van der Waals surface area (Å²) in [6, 6.07) is 7.63. The van der Waals surface area contributed by atoms with Crippen LogP contribution in [0.1, 0.15) is 12.1 Å². The van der Waals surface area contributed by atoms with Gasteiger partial charge in [0.05, 0.1) is 24.2 Å². The Morgan fingerprint density at radius 2 is 2.24 bits per heavy atom. The maximum absolute atomic E-state index is 11.3. The SMILES string of the molecule is COC(=O)CCc1csc2nc(-c3ccccc3Cl)cn12. The topological polar surface area (TPSA) is 43.6 Å². The second-order valence-corrected chi connectivity index (χ2v) is 5.81. The van der Waals surface area contributed by atoms with Gasteiger partial charge in [0.25, 0.3) is 0 Å². The number of aryl methyl sites for hydroxylation is 1. The highest BCUT2D eigenvalue weighted by atomic mass is 35.5. The van der Waals surface area contributed by atoms with E-state index in [1.165, 1.54) is 7.11 Å². The summed E-state index contributed by atoms with van der Waals surface area (Å²) >= 11 is 7.76. The summed E-state index contributed by atoms with van der Waals surface area (Å²) in [6.07, 6.45) is 2.95. The van der Waals surface area contributed by atoms with Crippen LogP contribution < -0.4 is 0 Å². The minimum atomic E-state index is -0.208. The summed E-state index contributed by atoms with van der Waals surface area (Å²) < 4.78 is 6.68. The average molecular weight is 321 g/mol. The Labute approximate surface area is 131 Å². The number of carbonyl (C=O) groups excluding carboxylic acids is 1. The molecular formula is C15H13ClN2O2S. The van der Waals surface area contributed by atoms with Gasteiger partial charge in [-0.1, -0.05) is 29.8 Å². The minimum Gasteiger partial charge on any atom is -0.469 e. The highest BCUT2D eigenvalue weighted by Gasteiger charge is 2.12.